The van der Waals surface area contributed by atoms with Crippen LogP contribution in [0.2, 0.25) is 0 Å². The van der Waals surface area contributed by atoms with Crippen LogP contribution in [0.15, 0.2) is 115 Å². The van der Waals surface area contributed by atoms with Crippen molar-refractivity contribution in [3.8, 4) is 11.5 Å². The van der Waals surface area contributed by atoms with Crippen LogP contribution in [0.4, 0.5) is 31.5 Å². The Morgan fingerprint density at radius 1 is 0.583 bits per heavy atom. The molecule has 2 amide bonds. The van der Waals surface area contributed by atoms with Crippen LogP contribution in [0.3, 0.4) is 0 Å². The number of amides is 2. The summed E-state index contributed by atoms with van der Waals surface area (Å²) in [7, 11) is 0. The van der Waals surface area contributed by atoms with E-state index >= 15 is 0 Å². The molecule has 6 aromatic rings. The molecule has 6 aromatic carbocycles. The number of carbonyl (C=O) groups is 2. The average molecular weight is 807 g/mol. The van der Waals surface area contributed by atoms with Gasteiger partial charge in [0.05, 0.1) is 11.1 Å². The van der Waals surface area contributed by atoms with Crippen LogP contribution in [0.25, 0.3) is 0 Å². The number of aromatic hydroxyl groups is 2. The zero-order valence-electron chi connectivity index (χ0n) is 34.7. The fourth-order valence-corrected chi connectivity index (χ4v) is 8.58. The summed E-state index contributed by atoms with van der Waals surface area (Å²) < 4.78 is 28.2. The number of hydrogen-bond donors (Lipinski definition) is 4. The van der Waals surface area contributed by atoms with Crippen molar-refractivity contribution in [2.24, 2.45) is 0 Å². The summed E-state index contributed by atoms with van der Waals surface area (Å²) in [6.45, 7) is 13.8. The summed E-state index contributed by atoms with van der Waals surface area (Å²) in [6, 6.07) is 32.2. The first kappa shape index (κ1) is 40.1. The summed E-state index contributed by atoms with van der Waals surface area (Å²) in [5, 5.41) is 29.9. The van der Waals surface area contributed by atoms with Gasteiger partial charge in [0.25, 0.3) is 11.8 Å². The van der Waals surface area contributed by atoms with Crippen molar-refractivity contribution >= 4 is 34.6 Å². The van der Waals surface area contributed by atoms with Crippen LogP contribution in [0.1, 0.15) is 107 Å². The number of rotatable bonds is 7. The van der Waals surface area contributed by atoms with E-state index in [4.69, 9.17) is 0 Å². The van der Waals surface area contributed by atoms with Crippen molar-refractivity contribution in [3.05, 3.63) is 177 Å². The summed E-state index contributed by atoms with van der Waals surface area (Å²) in [4.78, 5) is 31.9. The van der Waals surface area contributed by atoms with Crippen LogP contribution in [-0.4, -0.2) is 22.0 Å². The average Bonchev–Trinajstić information content (AvgIpc) is 3.20. The lowest BCUT2D eigenvalue weighted by atomic mass is 9.74. The second-order valence-corrected chi connectivity index (χ2v) is 17.6. The lowest BCUT2D eigenvalue weighted by molar-refractivity contribution is 0.0967. The number of carbonyl (C=O) groups excluding carboxylic acids is 2. The smallest absolute Gasteiger partial charge is 0.262 e. The van der Waals surface area contributed by atoms with E-state index in [1.165, 1.54) is 24.3 Å². The number of para-hydroxylation sites is 1. The summed E-state index contributed by atoms with van der Waals surface area (Å²) >= 11 is 0. The van der Waals surface area contributed by atoms with Gasteiger partial charge in [-0.05, 0) is 162 Å². The Bertz CT molecular complexity index is 2650. The molecule has 0 bridgehead atoms. The molecule has 0 spiro atoms. The summed E-state index contributed by atoms with van der Waals surface area (Å²) in [6.07, 6.45) is -0.907. The van der Waals surface area contributed by atoms with Gasteiger partial charge in [0.1, 0.15) is 35.5 Å². The molecule has 0 saturated heterocycles. The van der Waals surface area contributed by atoms with E-state index in [1.807, 2.05) is 89.2 Å². The number of anilines is 4. The molecular formula is C50H48F2N4O4. The lowest BCUT2D eigenvalue weighted by Crippen LogP contribution is -2.43. The minimum atomic E-state index is -0.693. The Morgan fingerprint density at radius 3 is 1.62 bits per heavy atom. The number of hydrogen-bond acceptors (Lipinski definition) is 6. The monoisotopic (exact) mass is 806 g/mol. The minimum Gasteiger partial charge on any atom is -0.507 e. The van der Waals surface area contributed by atoms with Crippen molar-refractivity contribution in [2.75, 3.05) is 20.4 Å². The SMILES string of the molecule is Cc1cc(C2Nc3cc(CC(C)(C)c4cc(C5Nc6ccccc6C(=O)N5c5ccc(F)cc5)cc(C(C)(C)C)c4O)ccc3C(=O)N2c2ccc(F)cc2)cc(C)c1O. The van der Waals surface area contributed by atoms with Gasteiger partial charge in [-0.3, -0.25) is 19.4 Å². The Balaban J connectivity index is 1.20. The van der Waals surface area contributed by atoms with Gasteiger partial charge in [0, 0.05) is 28.3 Å². The molecular weight excluding hydrogens is 759 g/mol. The summed E-state index contributed by atoms with van der Waals surface area (Å²) in [5.41, 5.74) is 7.18. The number of nitrogens with zero attached hydrogens (tertiary/aromatic N) is 2. The minimum absolute atomic E-state index is 0.159. The fraction of sp³-hybridized carbons (Fsp3) is 0.240. The predicted octanol–water partition coefficient (Wildman–Crippen LogP) is 11.4. The first-order valence-corrected chi connectivity index (χ1v) is 20.0. The van der Waals surface area contributed by atoms with E-state index < -0.39 is 34.8 Å². The number of benzene rings is 6. The van der Waals surface area contributed by atoms with Crippen LogP contribution in [0.5, 0.6) is 11.5 Å². The molecule has 306 valence electrons. The third kappa shape index (κ3) is 7.20. The van der Waals surface area contributed by atoms with E-state index in [9.17, 15) is 28.6 Å². The number of fused-ring (bicyclic) bond motifs is 2. The van der Waals surface area contributed by atoms with E-state index in [0.717, 1.165) is 16.7 Å². The quantitative estimate of drug-likeness (QED) is 0.128. The van der Waals surface area contributed by atoms with Gasteiger partial charge < -0.3 is 20.8 Å². The van der Waals surface area contributed by atoms with Crippen LogP contribution < -0.4 is 20.4 Å². The number of halogens is 2. The highest BCUT2D eigenvalue weighted by Gasteiger charge is 2.39. The molecule has 60 heavy (non-hydrogen) atoms. The van der Waals surface area contributed by atoms with Crippen molar-refractivity contribution in [3.63, 3.8) is 0 Å². The summed E-state index contributed by atoms with van der Waals surface area (Å²) in [5.74, 6) is -0.994. The van der Waals surface area contributed by atoms with Gasteiger partial charge in [0.15, 0.2) is 0 Å². The first-order chi connectivity index (χ1) is 28.4. The maximum atomic E-state index is 14.4. The van der Waals surface area contributed by atoms with Gasteiger partial charge in [-0.2, -0.15) is 0 Å². The zero-order valence-corrected chi connectivity index (χ0v) is 34.7. The third-order valence-electron chi connectivity index (χ3n) is 11.7. The molecule has 4 N–H and O–H groups in total. The lowest BCUT2D eigenvalue weighted by Gasteiger charge is -2.40. The molecule has 8 nitrogen and oxygen atoms in total. The highest BCUT2D eigenvalue weighted by Crippen LogP contribution is 2.46. The van der Waals surface area contributed by atoms with E-state index in [0.29, 0.717) is 62.6 Å². The normalized spacial score (nSPS) is 16.6. The molecule has 0 radical (unpaired) electrons. The van der Waals surface area contributed by atoms with Crippen molar-refractivity contribution in [1.29, 1.82) is 0 Å². The molecule has 0 fully saturated rings. The predicted molar refractivity (Wildman–Crippen MR) is 233 cm³/mol. The second-order valence-electron chi connectivity index (χ2n) is 17.6. The highest BCUT2D eigenvalue weighted by atomic mass is 19.1. The van der Waals surface area contributed by atoms with Gasteiger partial charge in [-0.25, -0.2) is 8.78 Å². The van der Waals surface area contributed by atoms with Crippen LogP contribution in [0, 0.1) is 25.5 Å². The first-order valence-electron chi connectivity index (χ1n) is 20.0. The van der Waals surface area contributed by atoms with Crippen molar-refractivity contribution < 1.29 is 28.6 Å². The van der Waals surface area contributed by atoms with Gasteiger partial charge in [-0.15, -0.1) is 0 Å². The van der Waals surface area contributed by atoms with Gasteiger partial charge in [-0.1, -0.05) is 52.8 Å². The number of nitrogens with one attached hydrogen (secondary N) is 2. The molecule has 2 heterocycles. The number of phenolic OH excluding ortho intramolecular Hbond substituents is 2. The molecule has 0 aliphatic carbocycles. The standard InChI is InChI=1S/C50H48F2N4O4/c1-28-22-31(23-29(2)43(28)57)45-54-42-24-30(12-21-38(42)48(60)55(45)35-17-13-33(51)14-18-35)27-50(6,7)40-26-32(25-39(44(40)58)49(3,4)5)46-53-41-11-9-8-10-37(41)47(59)56(46)36-19-15-34(52)16-20-36/h8-26,45-46,53-54,57-58H,27H2,1-7H3. The molecule has 2 unspecified atom stereocenters. The maximum absolute atomic E-state index is 14.4. The van der Waals surface area contributed by atoms with Crippen LogP contribution in [-0.2, 0) is 17.3 Å². The zero-order chi connectivity index (χ0) is 42.8. The fourth-order valence-electron chi connectivity index (χ4n) is 8.58. The van der Waals surface area contributed by atoms with E-state index in [-0.39, 0.29) is 23.3 Å². The van der Waals surface area contributed by atoms with E-state index in [1.54, 1.807) is 46.2 Å². The molecule has 8 rings (SSSR count). The Hall–Kier alpha value is -6.68. The third-order valence-corrected chi connectivity index (χ3v) is 11.7. The number of phenols is 2. The Labute approximate surface area is 349 Å². The Morgan fingerprint density at radius 2 is 1.07 bits per heavy atom. The van der Waals surface area contributed by atoms with Crippen LogP contribution >= 0.6 is 0 Å². The Kier molecular flexibility index (Phi) is 9.93. The maximum Gasteiger partial charge on any atom is 0.262 e. The largest absolute Gasteiger partial charge is 0.507 e. The second kappa shape index (κ2) is 14.9. The van der Waals surface area contributed by atoms with Gasteiger partial charge in [0.2, 0.25) is 0 Å². The molecule has 2 aliphatic rings. The van der Waals surface area contributed by atoms with E-state index in [2.05, 4.69) is 24.5 Å². The molecule has 10 heteroatoms. The number of aryl methyl sites for hydroxylation is 2. The topological polar surface area (TPSA) is 105 Å². The molecule has 2 aliphatic heterocycles. The molecule has 0 saturated carbocycles. The molecule has 2 atom stereocenters. The molecule has 0 aromatic heterocycles. The van der Waals surface area contributed by atoms with Crippen molar-refractivity contribution in [1.82, 2.24) is 0 Å². The van der Waals surface area contributed by atoms with Crippen molar-refractivity contribution in [2.45, 2.75) is 78.0 Å². The highest BCUT2D eigenvalue weighted by molar-refractivity contribution is 6.13. The van der Waals surface area contributed by atoms with Gasteiger partial charge >= 0.3 is 0 Å².